The van der Waals surface area contributed by atoms with E-state index < -0.39 is 9.68 Å². The predicted molar refractivity (Wildman–Crippen MR) is 92.0 cm³/mol. The van der Waals surface area contributed by atoms with E-state index in [0.717, 1.165) is 26.2 Å². The SMILES string of the molecule is CCN(CC)C(C)(N[SiH2]c1ccccc1)N(CC)CC. The van der Waals surface area contributed by atoms with Gasteiger partial charge in [0.05, 0.1) is 0 Å². The molecule has 0 saturated heterocycles. The van der Waals surface area contributed by atoms with Gasteiger partial charge in [0, 0.05) is 0 Å². The third-order valence-electron chi connectivity index (χ3n) is 4.23. The largest absolute Gasteiger partial charge is 0.309 e. The molecule has 114 valence electrons. The first-order valence-electron chi connectivity index (χ1n) is 7.91. The predicted octanol–water partition coefficient (Wildman–Crippen LogP) is 1.34. The van der Waals surface area contributed by atoms with E-state index in [4.69, 9.17) is 0 Å². The Morgan fingerprint density at radius 3 is 1.75 bits per heavy atom. The average Bonchev–Trinajstić information content (AvgIpc) is 2.49. The molecule has 0 heterocycles. The van der Waals surface area contributed by atoms with Crippen molar-refractivity contribution >= 4 is 14.9 Å². The van der Waals surface area contributed by atoms with Gasteiger partial charge in [-0.2, -0.15) is 0 Å². The second kappa shape index (κ2) is 8.57. The maximum atomic E-state index is 3.91. The van der Waals surface area contributed by atoms with E-state index in [1.54, 1.807) is 0 Å². The van der Waals surface area contributed by atoms with Crippen molar-refractivity contribution in [2.24, 2.45) is 0 Å². The van der Waals surface area contributed by atoms with Gasteiger partial charge in [-0.1, -0.05) is 63.2 Å². The van der Waals surface area contributed by atoms with Crippen molar-refractivity contribution in [3.05, 3.63) is 30.3 Å². The average molecular weight is 294 g/mol. The molecular weight excluding hydrogens is 262 g/mol. The number of benzene rings is 1. The molecule has 0 amide bonds. The minimum atomic E-state index is -0.472. The van der Waals surface area contributed by atoms with E-state index in [0.29, 0.717) is 0 Å². The van der Waals surface area contributed by atoms with Crippen molar-refractivity contribution in [1.82, 2.24) is 14.8 Å². The Bertz CT molecular complexity index is 349. The van der Waals surface area contributed by atoms with Crippen LogP contribution in [0.2, 0.25) is 0 Å². The van der Waals surface area contributed by atoms with Crippen LogP contribution < -0.4 is 10.2 Å². The van der Waals surface area contributed by atoms with Gasteiger partial charge in [0.1, 0.15) is 15.5 Å². The lowest BCUT2D eigenvalue weighted by molar-refractivity contribution is -0.0454. The molecule has 1 aromatic carbocycles. The van der Waals surface area contributed by atoms with Crippen molar-refractivity contribution in [2.45, 2.75) is 40.4 Å². The molecule has 0 aliphatic rings. The summed E-state index contributed by atoms with van der Waals surface area (Å²) in [4.78, 5) is 8.95. The highest BCUT2D eigenvalue weighted by molar-refractivity contribution is 6.50. The summed E-state index contributed by atoms with van der Waals surface area (Å²) >= 11 is 0. The number of nitrogens with one attached hydrogen (secondary N) is 1. The van der Waals surface area contributed by atoms with Crippen molar-refractivity contribution in [3.63, 3.8) is 0 Å². The van der Waals surface area contributed by atoms with Crippen LogP contribution in [0.1, 0.15) is 34.6 Å². The molecule has 0 radical (unpaired) electrons. The summed E-state index contributed by atoms with van der Waals surface area (Å²) in [5.41, 5.74) is 0. The zero-order chi connectivity index (χ0) is 15.0. The third kappa shape index (κ3) is 4.15. The highest BCUT2D eigenvalue weighted by Crippen LogP contribution is 2.16. The van der Waals surface area contributed by atoms with E-state index >= 15 is 0 Å². The van der Waals surface area contributed by atoms with Crippen LogP contribution in [0.15, 0.2) is 30.3 Å². The molecule has 1 rings (SSSR count). The molecule has 0 aromatic heterocycles. The zero-order valence-corrected chi connectivity index (χ0v) is 15.2. The van der Waals surface area contributed by atoms with Crippen LogP contribution in [0, 0.1) is 0 Å². The number of rotatable bonds is 9. The van der Waals surface area contributed by atoms with E-state index in [1.165, 1.54) is 5.19 Å². The van der Waals surface area contributed by atoms with Crippen LogP contribution in [0.3, 0.4) is 0 Å². The maximum Gasteiger partial charge on any atom is 0.127 e. The molecule has 0 aliphatic carbocycles. The molecule has 20 heavy (non-hydrogen) atoms. The molecule has 0 aliphatic heterocycles. The first-order chi connectivity index (χ1) is 9.62. The van der Waals surface area contributed by atoms with E-state index in [-0.39, 0.29) is 5.79 Å². The Hall–Kier alpha value is -0.683. The smallest absolute Gasteiger partial charge is 0.127 e. The highest BCUT2D eigenvalue weighted by Gasteiger charge is 2.34. The zero-order valence-electron chi connectivity index (χ0n) is 13.8. The van der Waals surface area contributed by atoms with Gasteiger partial charge in [0.2, 0.25) is 0 Å². The van der Waals surface area contributed by atoms with Crippen LogP contribution in [0.5, 0.6) is 0 Å². The van der Waals surface area contributed by atoms with Gasteiger partial charge in [-0.05, 0) is 33.1 Å². The summed E-state index contributed by atoms with van der Waals surface area (Å²) in [5.74, 6) is -0.0327. The van der Waals surface area contributed by atoms with Gasteiger partial charge in [-0.25, -0.2) is 0 Å². The molecule has 0 fully saturated rings. The van der Waals surface area contributed by atoms with Gasteiger partial charge in [-0.3, -0.25) is 9.80 Å². The summed E-state index contributed by atoms with van der Waals surface area (Å²) in [7, 11) is -0.472. The summed E-state index contributed by atoms with van der Waals surface area (Å²) in [6.07, 6.45) is 0. The monoisotopic (exact) mass is 293 g/mol. The molecule has 0 unspecified atom stereocenters. The first-order valence-corrected chi connectivity index (χ1v) is 9.32. The Balaban J connectivity index is 2.87. The number of hydrogen-bond acceptors (Lipinski definition) is 3. The molecule has 0 spiro atoms. The number of hydrogen-bond donors (Lipinski definition) is 1. The van der Waals surface area contributed by atoms with Crippen molar-refractivity contribution in [3.8, 4) is 0 Å². The topological polar surface area (TPSA) is 18.5 Å². The van der Waals surface area contributed by atoms with E-state index in [1.807, 2.05) is 0 Å². The van der Waals surface area contributed by atoms with Crippen LogP contribution in [-0.4, -0.2) is 51.4 Å². The normalized spacial score (nSPS) is 12.9. The van der Waals surface area contributed by atoms with Crippen LogP contribution in [0.4, 0.5) is 0 Å². The van der Waals surface area contributed by atoms with Gasteiger partial charge in [0.25, 0.3) is 0 Å². The van der Waals surface area contributed by atoms with Gasteiger partial charge < -0.3 is 4.98 Å². The lowest BCUT2D eigenvalue weighted by atomic mass is 10.2. The first kappa shape index (κ1) is 17.4. The van der Waals surface area contributed by atoms with Crippen LogP contribution >= 0.6 is 0 Å². The Labute approximate surface area is 127 Å². The molecular formula is C16H31N3Si. The number of nitrogens with zero attached hydrogens (tertiary/aromatic N) is 2. The van der Waals surface area contributed by atoms with E-state index in [9.17, 15) is 0 Å². The maximum absolute atomic E-state index is 3.91. The summed E-state index contributed by atoms with van der Waals surface area (Å²) in [5, 5.41) is 1.47. The third-order valence-corrected chi connectivity index (χ3v) is 5.95. The van der Waals surface area contributed by atoms with Gasteiger partial charge in [-0.15, -0.1) is 0 Å². The Morgan fingerprint density at radius 2 is 1.35 bits per heavy atom. The molecule has 0 bridgehead atoms. The minimum absolute atomic E-state index is 0.0327. The van der Waals surface area contributed by atoms with Crippen LogP contribution in [0.25, 0.3) is 0 Å². The molecule has 0 atom stereocenters. The summed E-state index contributed by atoms with van der Waals surface area (Å²) in [6.45, 7) is 15.6. The molecule has 4 heteroatoms. The van der Waals surface area contributed by atoms with Gasteiger partial charge >= 0.3 is 0 Å². The fourth-order valence-corrected chi connectivity index (χ4v) is 4.46. The van der Waals surface area contributed by atoms with Crippen molar-refractivity contribution in [1.29, 1.82) is 0 Å². The second-order valence-electron chi connectivity index (χ2n) is 5.20. The lowest BCUT2D eigenvalue weighted by Crippen LogP contribution is -2.68. The fourth-order valence-electron chi connectivity index (χ4n) is 2.97. The summed E-state index contributed by atoms with van der Waals surface area (Å²) < 4.78 is 0. The highest BCUT2D eigenvalue weighted by atomic mass is 28.2. The standard InChI is InChI=1S/C16H31N3Si/c1-6-18(7-2)16(5,19(8-3)9-4)17-20-15-13-11-10-12-14-15/h10-14,17H,6-9,20H2,1-5H3. The van der Waals surface area contributed by atoms with E-state index in [2.05, 4.69) is 79.7 Å². The molecule has 1 aromatic rings. The van der Waals surface area contributed by atoms with Gasteiger partial charge in [0.15, 0.2) is 0 Å². The second-order valence-corrected chi connectivity index (χ2v) is 6.73. The molecule has 3 nitrogen and oxygen atoms in total. The fraction of sp³-hybridized carbons (Fsp3) is 0.625. The van der Waals surface area contributed by atoms with Crippen molar-refractivity contribution < 1.29 is 0 Å². The van der Waals surface area contributed by atoms with Crippen LogP contribution in [-0.2, 0) is 0 Å². The quantitative estimate of drug-likeness (QED) is 0.548. The van der Waals surface area contributed by atoms with Crippen molar-refractivity contribution in [2.75, 3.05) is 26.2 Å². The Morgan fingerprint density at radius 1 is 0.900 bits per heavy atom. The summed E-state index contributed by atoms with van der Waals surface area (Å²) in [6, 6.07) is 10.8. The molecule has 1 N–H and O–H groups in total. The molecule has 0 saturated carbocycles. The minimum Gasteiger partial charge on any atom is -0.309 e. The lowest BCUT2D eigenvalue weighted by Gasteiger charge is -2.48. The Kier molecular flexibility index (Phi) is 7.44.